The molecule has 2 aromatic heterocycles. The molecule has 0 saturated carbocycles. The first-order chi connectivity index (χ1) is 11.0. The summed E-state index contributed by atoms with van der Waals surface area (Å²) in [5.74, 6) is 2.01. The summed E-state index contributed by atoms with van der Waals surface area (Å²) in [4.78, 5) is 3.68. The summed E-state index contributed by atoms with van der Waals surface area (Å²) in [7, 11) is 0. The number of alkyl halides is 3. The second kappa shape index (κ2) is 6.37. The van der Waals surface area contributed by atoms with Crippen molar-refractivity contribution in [3.05, 3.63) is 41.4 Å². The smallest absolute Gasteiger partial charge is 0.434 e. The minimum atomic E-state index is -4.39. The van der Waals surface area contributed by atoms with Gasteiger partial charge < -0.3 is 19.4 Å². The number of fused-ring (bicyclic) bond motifs is 1. The molecule has 2 aromatic rings. The minimum Gasteiger partial charge on any atom is -0.462 e. The Morgan fingerprint density at radius 1 is 1.35 bits per heavy atom. The number of hydrogen-bond acceptors (Lipinski definition) is 4. The highest BCUT2D eigenvalue weighted by Gasteiger charge is 2.35. The van der Waals surface area contributed by atoms with Crippen LogP contribution in [0, 0.1) is 5.92 Å². The van der Waals surface area contributed by atoms with Gasteiger partial charge in [-0.3, -0.25) is 0 Å². The van der Waals surface area contributed by atoms with E-state index in [9.17, 15) is 13.2 Å². The first kappa shape index (κ1) is 16.1. The number of aromatic nitrogens is 2. The van der Waals surface area contributed by atoms with Crippen molar-refractivity contribution in [2.75, 3.05) is 6.54 Å². The molecule has 1 aliphatic heterocycles. The third-order valence-electron chi connectivity index (χ3n) is 3.99. The Morgan fingerprint density at radius 3 is 2.83 bits per heavy atom. The number of hydrogen-bond donors (Lipinski definition) is 2. The number of aryl methyl sites for hydroxylation is 1. The Labute approximate surface area is 131 Å². The standard InChI is InChI=1S/C15H18F3N3O2/c16-15(17,18)13-8-21-7-10(1-4-14(21)20-13)5-19-6-11-2-3-12(9-22)23-11/h2-3,8,10,19,22H,1,4-7,9H2/t10-/m1/s1. The fraction of sp³-hybridized carbons (Fsp3) is 0.533. The molecule has 0 bridgehead atoms. The number of imidazole rings is 1. The summed E-state index contributed by atoms with van der Waals surface area (Å²) in [6, 6.07) is 3.51. The van der Waals surface area contributed by atoms with Crippen molar-refractivity contribution in [2.24, 2.45) is 5.92 Å². The Balaban J connectivity index is 1.52. The summed E-state index contributed by atoms with van der Waals surface area (Å²) < 4.78 is 45.0. The van der Waals surface area contributed by atoms with Gasteiger partial charge in [0.1, 0.15) is 24.0 Å². The molecule has 1 atom stereocenters. The lowest BCUT2D eigenvalue weighted by atomic mass is 9.99. The zero-order valence-corrected chi connectivity index (χ0v) is 12.4. The van der Waals surface area contributed by atoms with Crippen molar-refractivity contribution < 1.29 is 22.7 Å². The van der Waals surface area contributed by atoms with Crippen molar-refractivity contribution in [3.8, 4) is 0 Å². The van der Waals surface area contributed by atoms with Crippen molar-refractivity contribution >= 4 is 0 Å². The summed E-state index contributed by atoms with van der Waals surface area (Å²) in [5, 5.41) is 12.2. The molecule has 3 heterocycles. The van der Waals surface area contributed by atoms with E-state index in [0.717, 1.165) is 18.4 Å². The maximum absolute atomic E-state index is 12.7. The number of halogens is 3. The molecule has 0 radical (unpaired) electrons. The molecule has 8 heteroatoms. The molecule has 1 aliphatic rings. The highest BCUT2D eigenvalue weighted by Crippen LogP contribution is 2.30. The van der Waals surface area contributed by atoms with E-state index in [1.807, 2.05) is 0 Å². The number of nitrogens with zero attached hydrogens (tertiary/aromatic N) is 2. The van der Waals surface area contributed by atoms with Gasteiger partial charge in [0.2, 0.25) is 0 Å². The fourth-order valence-corrected chi connectivity index (χ4v) is 2.82. The van der Waals surface area contributed by atoms with Gasteiger partial charge in [0, 0.05) is 25.7 Å². The van der Waals surface area contributed by atoms with Crippen molar-refractivity contribution in [2.45, 2.75) is 38.7 Å². The number of aliphatic hydroxyl groups excluding tert-OH is 1. The van der Waals surface area contributed by atoms with Crippen LogP contribution in [0.3, 0.4) is 0 Å². The van der Waals surface area contributed by atoms with Crippen LogP contribution in [0.25, 0.3) is 0 Å². The monoisotopic (exact) mass is 329 g/mol. The first-order valence-electron chi connectivity index (χ1n) is 7.48. The van der Waals surface area contributed by atoms with Gasteiger partial charge in [-0.2, -0.15) is 13.2 Å². The number of aliphatic hydroxyl groups is 1. The van der Waals surface area contributed by atoms with Crippen LogP contribution in [-0.2, 0) is 32.3 Å². The highest BCUT2D eigenvalue weighted by atomic mass is 19.4. The molecule has 0 aromatic carbocycles. The van der Waals surface area contributed by atoms with Gasteiger partial charge in [0.05, 0.1) is 6.54 Å². The average molecular weight is 329 g/mol. The largest absolute Gasteiger partial charge is 0.462 e. The van der Waals surface area contributed by atoms with Crippen LogP contribution in [0.5, 0.6) is 0 Å². The van der Waals surface area contributed by atoms with Crippen LogP contribution in [-0.4, -0.2) is 21.2 Å². The Morgan fingerprint density at radius 2 is 2.13 bits per heavy atom. The highest BCUT2D eigenvalue weighted by molar-refractivity contribution is 5.10. The lowest BCUT2D eigenvalue weighted by Crippen LogP contribution is -2.29. The van der Waals surface area contributed by atoms with Gasteiger partial charge in [0.25, 0.3) is 0 Å². The van der Waals surface area contributed by atoms with E-state index in [1.165, 1.54) is 0 Å². The molecule has 0 amide bonds. The topological polar surface area (TPSA) is 63.2 Å². The Kier molecular flexibility index (Phi) is 4.45. The molecular formula is C15H18F3N3O2. The van der Waals surface area contributed by atoms with Crippen molar-refractivity contribution in [1.29, 1.82) is 0 Å². The predicted octanol–water partition coefficient (Wildman–Crippen LogP) is 2.34. The molecule has 0 saturated heterocycles. The van der Waals surface area contributed by atoms with E-state index in [0.29, 0.717) is 37.6 Å². The van der Waals surface area contributed by atoms with Crippen LogP contribution in [0.15, 0.2) is 22.7 Å². The lowest BCUT2D eigenvalue weighted by molar-refractivity contribution is -0.141. The van der Waals surface area contributed by atoms with Gasteiger partial charge in [-0.05, 0) is 24.5 Å². The molecule has 0 fully saturated rings. The predicted molar refractivity (Wildman–Crippen MR) is 75.4 cm³/mol. The van der Waals surface area contributed by atoms with Gasteiger partial charge in [-0.15, -0.1) is 0 Å². The van der Waals surface area contributed by atoms with Crippen LogP contribution in [0.4, 0.5) is 13.2 Å². The van der Waals surface area contributed by atoms with E-state index >= 15 is 0 Å². The lowest BCUT2D eigenvalue weighted by Gasteiger charge is -2.23. The SMILES string of the molecule is OCc1ccc(CNC[C@H]2CCc3nc(C(F)(F)F)cn3C2)o1. The zero-order chi connectivity index (χ0) is 16.4. The molecular weight excluding hydrogens is 311 g/mol. The quantitative estimate of drug-likeness (QED) is 0.884. The molecule has 0 unspecified atom stereocenters. The van der Waals surface area contributed by atoms with E-state index in [2.05, 4.69) is 10.3 Å². The van der Waals surface area contributed by atoms with Crippen molar-refractivity contribution in [1.82, 2.24) is 14.9 Å². The molecule has 2 N–H and O–H groups in total. The van der Waals surface area contributed by atoms with Crippen LogP contribution in [0.1, 0.15) is 29.5 Å². The van der Waals surface area contributed by atoms with Gasteiger partial charge in [-0.1, -0.05) is 0 Å². The molecule has 126 valence electrons. The van der Waals surface area contributed by atoms with Gasteiger partial charge >= 0.3 is 6.18 Å². The maximum atomic E-state index is 12.7. The van der Waals surface area contributed by atoms with E-state index < -0.39 is 11.9 Å². The third kappa shape index (κ3) is 3.76. The first-order valence-corrected chi connectivity index (χ1v) is 7.48. The zero-order valence-electron chi connectivity index (χ0n) is 12.4. The normalized spacial score (nSPS) is 18.2. The van der Waals surface area contributed by atoms with Gasteiger partial charge in [-0.25, -0.2) is 4.98 Å². The average Bonchev–Trinajstić information content (AvgIpc) is 3.12. The summed E-state index contributed by atoms with van der Waals surface area (Å²) in [6.07, 6.45) is -1.93. The fourth-order valence-electron chi connectivity index (χ4n) is 2.82. The molecule has 3 rings (SSSR count). The number of nitrogens with one attached hydrogen (secondary N) is 1. The minimum absolute atomic E-state index is 0.131. The Bertz CT molecular complexity index is 663. The molecule has 23 heavy (non-hydrogen) atoms. The van der Waals surface area contributed by atoms with Crippen LogP contribution >= 0.6 is 0 Å². The maximum Gasteiger partial charge on any atom is 0.434 e. The van der Waals surface area contributed by atoms with E-state index in [4.69, 9.17) is 9.52 Å². The van der Waals surface area contributed by atoms with Crippen molar-refractivity contribution in [3.63, 3.8) is 0 Å². The summed E-state index contributed by atoms with van der Waals surface area (Å²) in [5.41, 5.74) is -0.812. The molecule has 0 spiro atoms. The van der Waals surface area contributed by atoms with Crippen LogP contribution in [0.2, 0.25) is 0 Å². The molecule has 0 aliphatic carbocycles. The second-order valence-corrected chi connectivity index (χ2v) is 5.75. The van der Waals surface area contributed by atoms with E-state index in [-0.39, 0.29) is 12.5 Å². The third-order valence-corrected chi connectivity index (χ3v) is 3.99. The number of furan rings is 1. The second-order valence-electron chi connectivity index (χ2n) is 5.75. The summed E-state index contributed by atoms with van der Waals surface area (Å²) in [6.45, 7) is 1.62. The number of rotatable bonds is 5. The Hall–Kier alpha value is -1.80. The molecule has 5 nitrogen and oxygen atoms in total. The van der Waals surface area contributed by atoms with E-state index in [1.54, 1.807) is 16.7 Å². The summed E-state index contributed by atoms with van der Waals surface area (Å²) >= 11 is 0. The van der Waals surface area contributed by atoms with Gasteiger partial charge in [0.15, 0.2) is 5.69 Å². The van der Waals surface area contributed by atoms with Crippen LogP contribution < -0.4 is 5.32 Å².